The Kier molecular flexibility index (Phi) is 7.13. The summed E-state index contributed by atoms with van der Waals surface area (Å²) in [6, 6.07) is -2.70. The first kappa shape index (κ1) is 20.0. The Hall–Kier alpha value is -1.02. The standard InChI is InChI=1S/C15H28F3N3O2/c1-5-10(2)13(15(16,17)18)19-14(23)21-7-6-20(8-11(21)3)9-12(4)22/h10-13,22H,5-9H2,1-4H3,(H,19,23)/t10-,11-,12-,13-/m0/s1. The molecular formula is C15H28F3N3O2. The van der Waals surface area contributed by atoms with E-state index < -0.39 is 30.3 Å². The molecule has 2 amide bonds. The van der Waals surface area contributed by atoms with Gasteiger partial charge in [-0.3, -0.25) is 4.90 Å². The van der Waals surface area contributed by atoms with Crippen LogP contribution in [0.1, 0.15) is 34.1 Å². The molecule has 0 aromatic rings. The quantitative estimate of drug-likeness (QED) is 0.806. The summed E-state index contributed by atoms with van der Waals surface area (Å²) < 4.78 is 39.4. The number of hydrogen-bond acceptors (Lipinski definition) is 3. The van der Waals surface area contributed by atoms with Crippen LogP contribution in [0.2, 0.25) is 0 Å². The smallest absolute Gasteiger partial charge is 0.392 e. The van der Waals surface area contributed by atoms with Crippen LogP contribution in [-0.4, -0.2) is 71.5 Å². The predicted octanol–water partition coefficient (Wildman–Crippen LogP) is 2.06. The van der Waals surface area contributed by atoms with Crippen molar-refractivity contribution in [1.29, 1.82) is 0 Å². The van der Waals surface area contributed by atoms with Gasteiger partial charge in [0.05, 0.1) is 6.10 Å². The number of carbonyl (C=O) groups is 1. The SMILES string of the molecule is CC[C@H](C)[C@H](NC(=O)N1CCN(C[C@H](C)O)C[C@@H]1C)C(F)(F)F. The van der Waals surface area contributed by atoms with Crippen LogP contribution in [0, 0.1) is 5.92 Å². The minimum Gasteiger partial charge on any atom is -0.392 e. The Morgan fingerprint density at radius 2 is 1.96 bits per heavy atom. The highest BCUT2D eigenvalue weighted by Crippen LogP contribution is 2.27. The molecule has 1 heterocycles. The van der Waals surface area contributed by atoms with Gasteiger partial charge >= 0.3 is 12.2 Å². The summed E-state index contributed by atoms with van der Waals surface area (Å²) in [6.07, 6.45) is -4.59. The molecule has 0 spiro atoms. The number of nitrogens with one attached hydrogen (secondary N) is 1. The van der Waals surface area contributed by atoms with Crippen LogP contribution in [0.5, 0.6) is 0 Å². The Morgan fingerprint density at radius 1 is 1.35 bits per heavy atom. The third-order valence-corrected chi connectivity index (χ3v) is 4.34. The van der Waals surface area contributed by atoms with Gasteiger partial charge in [0.25, 0.3) is 0 Å². The molecule has 1 saturated heterocycles. The summed E-state index contributed by atoms with van der Waals surface area (Å²) in [7, 11) is 0. The van der Waals surface area contributed by atoms with Crippen LogP contribution in [0.15, 0.2) is 0 Å². The molecule has 2 N–H and O–H groups in total. The maximum Gasteiger partial charge on any atom is 0.408 e. The molecule has 0 unspecified atom stereocenters. The summed E-state index contributed by atoms with van der Waals surface area (Å²) in [5, 5.41) is 11.6. The number of amides is 2. The first-order chi connectivity index (χ1) is 10.6. The minimum absolute atomic E-state index is 0.201. The number of β-amino-alcohol motifs (C(OH)–C–C–N with tert-alkyl or cyclic N) is 1. The Morgan fingerprint density at radius 3 is 2.39 bits per heavy atom. The van der Waals surface area contributed by atoms with Gasteiger partial charge in [0, 0.05) is 32.2 Å². The Labute approximate surface area is 135 Å². The Bertz CT molecular complexity index is 391. The minimum atomic E-state index is -4.46. The molecule has 23 heavy (non-hydrogen) atoms. The number of aliphatic hydroxyl groups excluding tert-OH is 1. The van der Waals surface area contributed by atoms with Gasteiger partial charge in [-0.15, -0.1) is 0 Å². The van der Waals surface area contributed by atoms with E-state index in [1.165, 1.54) is 11.8 Å². The predicted molar refractivity (Wildman–Crippen MR) is 82.1 cm³/mol. The maximum atomic E-state index is 13.1. The van der Waals surface area contributed by atoms with Crippen LogP contribution >= 0.6 is 0 Å². The number of carbonyl (C=O) groups excluding carboxylic acids is 1. The van der Waals surface area contributed by atoms with Crippen molar-refractivity contribution >= 4 is 6.03 Å². The molecule has 0 aliphatic carbocycles. The van der Waals surface area contributed by atoms with Crippen LogP contribution in [0.25, 0.3) is 0 Å². The third-order valence-electron chi connectivity index (χ3n) is 4.34. The number of alkyl halides is 3. The molecule has 0 saturated carbocycles. The molecule has 5 nitrogen and oxygen atoms in total. The van der Waals surface area contributed by atoms with Crippen molar-refractivity contribution in [2.24, 2.45) is 5.92 Å². The lowest BCUT2D eigenvalue weighted by Crippen LogP contribution is -2.60. The normalized spacial score (nSPS) is 24.2. The van der Waals surface area contributed by atoms with Gasteiger partial charge in [0.1, 0.15) is 6.04 Å². The van der Waals surface area contributed by atoms with Crippen LogP contribution in [0.4, 0.5) is 18.0 Å². The molecule has 1 rings (SSSR count). The van der Waals surface area contributed by atoms with E-state index in [1.807, 2.05) is 4.90 Å². The molecule has 1 fully saturated rings. The maximum absolute atomic E-state index is 13.1. The van der Waals surface area contributed by atoms with Crippen molar-refractivity contribution in [1.82, 2.24) is 15.1 Å². The summed E-state index contributed by atoms with van der Waals surface area (Å²) in [5.41, 5.74) is 0. The number of urea groups is 1. The van der Waals surface area contributed by atoms with Crippen molar-refractivity contribution < 1.29 is 23.1 Å². The van der Waals surface area contributed by atoms with Gasteiger partial charge in [-0.1, -0.05) is 20.3 Å². The van der Waals surface area contributed by atoms with Crippen molar-refractivity contribution in [3.8, 4) is 0 Å². The lowest BCUT2D eigenvalue weighted by Gasteiger charge is -2.41. The van der Waals surface area contributed by atoms with Gasteiger partial charge in [0.2, 0.25) is 0 Å². The number of halogens is 3. The molecule has 1 aliphatic rings. The van der Waals surface area contributed by atoms with Crippen molar-refractivity contribution in [2.75, 3.05) is 26.2 Å². The van der Waals surface area contributed by atoms with Crippen molar-refractivity contribution in [3.05, 3.63) is 0 Å². The van der Waals surface area contributed by atoms with Gasteiger partial charge in [0.15, 0.2) is 0 Å². The molecule has 0 radical (unpaired) electrons. The fourth-order valence-corrected chi connectivity index (χ4v) is 2.87. The molecule has 4 atom stereocenters. The van der Waals surface area contributed by atoms with Gasteiger partial charge in [-0.25, -0.2) is 4.79 Å². The molecule has 0 aromatic carbocycles. The lowest BCUT2D eigenvalue weighted by molar-refractivity contribution is -0.164. The van der Waals surface area contributed by atoms with E-state index in [-0.39, 0.29) is 6.04 Å². The van der Waals surface area contributed by atoms with E-state index in [0.29, 0.717) is 32.6 Å². The lowest BCUT2D eigenvalue weighted by atomic mass is 9.99. The zero-order valence-corrected chi connectivity index (χ0v) is 14.2. The average molecular weight is 339 g/mol. The second-order valence-corrected chi connectivity index (χ2v) is 6.51. The fraction of sp³-hybridized carbons (Fsp3) is 0.933. The monoisotopic (exact) mass is 339 g/mol. The van der Waals surface area contributed by atoms with Crippen LogP contribution in [0.3, 0.4) is 0 Å². The fourth-order valence-electron chi connectivity index (χ4n) is 2.87. The number of aliphatic hydroxyl groups is 1. The number of hydrogen-bond donors (Lipinski definition) is 2. The third kappa shape index (κ3) is 5.84. The molecule has 0 aromatic heterocycles. The highest BCUT2D eigenvalue weighted by molar-refractivity contribution is 5.75. The zero-order chi connectivity index (χ0) is 17.8. The largest absolute Gasteiger partial charge is 0.408 e. The van der Waals surface area contributed by atoms with E-state index in [2.05, 4.69) is 5.32 Å². The highest BCUT2D eigenvalue weighted by atomic mass is 19.4. The van der Waals surface area contributed by atoms with Gasteiger partial charge < -0.3 is 15.3 Å². The second kappa shape index (κ2) is 8.19. The van der Waals surface area contributed by atoms with E-state index in [4.69, 9.17) is 0 Å². The van der Waals surface area contributed by atoms with E-state index in [9.17, 15) is 23.1 Å². The molecule has 0 bridgehead atoms. The number of nitrogens with zero attached hydrogens (tertiary/aromatic N) is 2. The zero-order valence-electron chi connectivity index (χ0n) is 14.2. The summed E-state index contributed by atoms with van der Waals surface area (Å²) in [5.74, 6) is -0.675. The molecule has 8 heteroatoms. The summed E-state index contributed by atoms with van der Waals surface area (Å²) >= 11 is 0. The molecular weight excluding hydrogens is 311 g/mol. The van der Waals surface area contributed by atoms with Crippen LogP contribution < -0.4 is 5.32 Å². The van der Waals surface area contributed by atoms with E-state index in [1.54, 1.807) is 20.8 Å². The number of piperazine rings is 1. The van der Waals surface area contributed by atoms with Gasteiger partial charge in [-0.2, -0.15) is 13.2 Å². The highest BCUT2D eigenvalue weighted by Gasteiger charge is 2.44. The van der Waals surface area contributed by atoms with Crippen molar-refractivity contribution in [3.63, 3.8) is 0 Å². The first-order valence-corrected chi connectivity index (χ1v) is 8.10. The first-order valence-electron chi connectivity index (χ1n) is 8.10. The van der Waals surface area contributed by atoms with Gasteiger partial charge in [-0.05, 0) is 19.8 Å². The average Bonchev–Trinajstić information content (AvgIpc) is 2.41. The second-order valence-electron chi connectivity index (χ2n) is 6.51. The molecule has 1 aliphatic heterocycles. The number of rotatable bonds is 5. The van der Waals surface area contributed by atoms with Crippen LogP contribution in [-0.2, 0) is 0 Å². The molecule has 136 valence electrons. The van der Waals surface area contributed by atoms with E-state index in [0.717, 1.165) is 0 Å². The summed E-state index contributed by atoms with van der Waals surface area (Å²) in [4.78, 5) is 15.7. The van der Waals surface area contributed by atoms with Crippen molar-refractivity contribution in [2.45, 2.75) is 58.5 Å². The summed E-state index contributed by atoms with van der Waals surface area (Å²) in [6.45, 7) is 8.59. The topological polar surface area (TPSA) is 55.8 Å². The Balaban J connectivity index is 2.67. The van der Waals surface area contributed by atoms with E-state index >= 15 is 0 Å².